The molecular weight excluding hydrogens is 347 g/mol. The predicted octanol–water partition coefficient (Wildman–Crippen LogP) is 3.17. The molecule has 2 heterocycles. The Kier molecular flexibility index (Phi) is 4.70. The molecule has 26 heavy (non-hydrogen) atoms. The van der Waals surface area contributed by atoms with Crippen LogP contribution in [0.1, 0.15) is 34.6 Å². The van der Waals surface area contributed by atoms with E-state index in [1.165, 1.54) is 6.33 Å². The SMILES string of the molecule is CC(NC(=O)c1ccc(C(F)(F)F)nc1)c1ccc(-n2cncn2)cc1. The number of carbonyl (C=O) groups excluding carboxylic acids is 1. The van der Waals surface area contributed by atoms with Crippen LogP contribution in [0.5, 0.6) is 0 Å². The van der Waals surface area contributed by atoms with E-state index in [4.69, 9.17) is 0 Å². The summed E-state index contributed by atoms with van der Waals surface area (Å²) in [5.41, 5.74) is 0.675. The third-order valence-corrected chi connectivity index (χ3v) is 3.74. The molecule has 1 unspecified atom stereocenters. The fourth-order valence-corrected chi connectivity index (χ4v) is 2.32. The van der Waals surface area contributed by atoms with Gasteiger partial charge < -0.3 is 5.32 Å². The van der Waals surface area contributed by atoms with Crippen molar-refractivity contribution in [3.8, 4) is 5.69 Å². The minimum Gasteiger partial charge on any atom is -0.345 e. The van der Waals surface area contributed by atoms with Gasteiger partial charge >= 0.3 is 6.18 Å². The Morgan fingerprint density at radius 2 is 1.88 bits per heavy atom. The Morgan fingerprint density at radius 3 is 2.42 bits per heavy atom. The van der Waals surface area contributed by atoms with Gasteiger partial charge in [0.25, 0.3) is 5.91 Å². The molecule has 3 rings (SSSR count). The first kappa shape index (κ1) is 17.6. The maximum absolute atomic E-state index is 12.5. The van der Waals surface area contributed by atoms with Gasteiger partial charge in [0.15, 0.2) is 0 Å². The van der Waals surface area contributed by atoms with E-state index in [9.17, 15) is 18.0 Å². The highest BCUT2D eigenvalue weighted by atomic mass is 19.4. The van der Waals surface area contributed by atoms with Crippen LogP contribution in [0.25, 0.3) is 5.69 Å². The zero-order valence-corrected chi connectivity index (χ0v) is 13.6. The maximum atomic E-state index is 12.5. The molecule has 9 heteroatoms. The molecule has 0 aliphatic heterocycles. The lowest BCUT2D eigenvalue weighted by Crippen LogP contribution is -2.27. The molecule has 0 bridgehead atoms. The summed E-state index contributed by atoms with van der Waals surface area (Å²) < 4.78 is 39.1. The fraction of sp³-hybridized carbons (Fsp3) is 0.176. The summed E-state index contributed by atoms with van der Waals surface area (Å²) in [7, 11) is 0. The second kappa shape index (κ2) is 6.95. The van der Waals surface area contributed by atoms with E-state index >= 15 is 0 Å². The number of hydrogen-bond donors (Lipinski definition) is 1. The van der Waals surface area contributed by atoms with Crippen LogP contribution in [0.3, 0.4) is 0 Å². The number of hydrogen-bond acceptors (Lipinski definition) is 4. The van der Waals surface area contributed by atoms with Crippen LogP contribution in [-0.2, 0) is 6.18 Å². The number of pyridine rings is 1. The summed E-state index contributed by atoms with van der Waals surface area (Å²) >= 11 is 0. The lowest BCUT2D eigenvalue weighted by molar-refractivity contribution is -0.141. The summed E-state index contributed by atoms with van der Waals surface area (Å²) in [5.74, 6) is -0.501. The van der Waals surface area contributed by atoms with Gasteiger partial charge in [0.1, 0.15) is 18.3 Å². The minimum absolute atomic E-state index is 0.0593. The van der Waals surface area contributed by atoms with E-state index in [0.29, 0.717) is 0 Å². The van der Waals surface area contributed by atoms with Gasteiger partial charge in [0.2, 0.25) is 0 Å². The zero-order valence-electron chi connectivity index (χ0n) is 13.6. The second-order valence-corrected chi connectivity index (χ2v) is 5.56. The predicted molar refractivity (Wildman–Crippen MR) is 86.5 cm³/mol. The Labute approximate surface area is 146 Å². The van der Waals surface area contributed by atoms with E-state index in [2.05, 4.69) is 20.4 Å². The first-order valence-corrected chi connectivity index (χ1v) is 7.63. The first-order valence-electron chi connectivity index (χ1n) is 7.63. The lowest BCUT2D eigenvalue weighted by Gasteiger charge is -2.15. The molecule has 0 fully saturated rings. The number of alkyl halides is 3. The van der Waals surface area contributed by atoms with Crippen molar-refractivity contribution >= 4 is 5.91 Å². The highest BCUT2D eigenvalue weighted by molar-refractivity contribution is 5.94. The zero-order chi connectivity index (χ0) is 18.7. The molecule has 0 spiro atoms. The van der Waals surface area contributed by atoms with Crippen molar-refractivity contribution in [1.29, 1.82) is 0 Å². The Bertz CT molecular complexity index is 874. The average Bonchev–Trinajstić information content (AvgIpc) is 3.16. The van der Waals surface area contributed by atoms with E-state index in [1.807, 2.05) is 24.3 Å². The van der Waals surface area contributed by atoms with Crippen molar-refractivity contribution in [2.24, 2.45) is 0 Å². The summed E-state index contributed by atoms with van der Waals surface area (Å²) in [6, 6.07) is 8.85. The monoisotopic (exact) mass is 361 g/mol. The Hall–Kier alpha value is -3.23. The quantitative estimate of drug-likeness (QED) is 0.775. The van der Waals surface area contributed by atoms with Crippen LogP contribution < -0.4 is 5.32 Å². The third-order valence-electron chi connectivity index (χ3n) is 3.74. The molecule has 1 amide bonds. The van der Waals surface area contributed by atoms with Crippen LogP contribution in [0.4, 0.5) is 13.2 Å². The fourth-order valence-electron chi connectivity index (χ4n) is 2.32. The average molecular weight is 361 g/mol. The summed E-state index contributed by atoms with van der Waals surface area (Å²) in [5, 5.41) is 6.75. The van der Waals surface area contributed by atoms with E-state index in [1.54, 1.807) is 17.9 Å². The van der Waals surface area contributed by atoms with Gasteiger partial charge in [0, 0.05) is 6.20 Å². The van der Waals surface area contributed by atoms with E-state index in [-0.39, 0.29) is 11.6 Å². The molecule has 134 valence electrons. The van der Waals surface area contributed by atoms with Gasteiger partial charge in [-0.2, -0.15) is 18.3 Å². The molecule has 1 aromatic carbocycles. The van der Waals surface area contributed by atoms with Crippen molar-refractivity contribution in [2.45, 2.75) is 19.1 Å². The summed E-state index contributed by atoms with van der Waals surface area (Å²) in [6.45, 7) is 1.78. The van der Waals surface area contributed by atoms with Crippen LogP contribution in [-0.4, -0.2) is 25.7 Å². The molecule has 0 saturated heterocycles. The molecule has 3 aromatic rings. The molecule has 0 aliphatic carbocycles. The number of benzene rings is 1. The third kappa shape index (κ3) is 3.88. The van der Waals surface area contributed by atoms with Crippen LogP contribution >= 0.6 is 0 Å². The molecule has 2 aromatic heterocycles. The number of rotatable bonds is 4. The van der Waals surface area contributed by atoms with Gasteiger partial charge in [-0.3, -0.25) is 9.78 Å². The molecule has 0 saturated carbocycles. The number of nitrogens with zero attached hydrogens (tertiary/aromatic N) is 4. The smallest absolute Gasteiger partial charge is 0.345 e. The van der Waals surface area contributed by atoms with Crippen molar-refractivity contribution in [2.75, 3.05) is 0 Å². The molecule has 0 radical (unpaired) electrons. The van der Waals surface area contributed by atoms with Gasteiger partial charge in [-0.1, -0.05) is 12.1 Å². The largest absolute Gasteiger partial charge is 0.433 e. The number of halogens is 3. The molecule has 1 atom stereocenters. The number of nitrogens with one attached hydrogen (secondary N) is 1. The Balaban J connectivity index is 1.67. The van der Waals surface area contributed by atoms with Crippen molar-refractivity contribution < 1.29 is 18.0 Å². The first-order chi connectivity index (χ1) is 12.3. The summed E-state index contributed by atoms with van der Waals surface area (Å²) in [4.78, 5) is 19.3. The van der Waals surface area contributed by atoms with Gasteiger partial charge in [0.05, 0.1) is 17.3 Å². The molecular formula is C17H14F3N5O. The normalized spacial score (nSPS) is 12.6. The highest BCUT2D eigenvalue weighted by Crippen LogP contribution is 2.27. The van der Waals surface area contributed by atoms with Crippen LogP contribution in [0, 0.1) is 0 Å². The van der Waals surface area contributed by atoms with E-state index in [0.717, 1.165) is 29.6 Å². The molecule has 1 N–H and O–H groups in total. The van der Waals surface area contributed by atoms with Crippen LogP contribution in [0.15, 0.2) is 55.2 Å². The van der Waals surface area contributed by atoms with Gasteiger partial charge in [-0.25, -0.2) is 9.67 Å². The number of aromatic nitrogens is 4. The van der Waals surface area contributed by atoms with Crippen molar-refractivity contribution in [1.82, 2.24) is 25.1 Å². The van der Waals surface area contributed by atoms with E-state index < -0.39 is 17.8 Å². The van der Waals surface area contributed by atoms with Crippen LogP contribution in [0.2, 0.25) is 0 Å². The van der Waals surface area contributed by atoms with Crippen molar-refractivity contribution in [3.05, 3.63) is 72.1 Å². The van der Waals surface area contributed by atoms with Gasteiger partial charge in [-0.15, -0.1) is 0 Å². The highest BCUT2D eigenvalue weighted by Gasteiger charge is 2.32. The second-order valence-electron chi connectivity index (χ2n) is 5.56. The standard InChI is InChI=1S/C17H14F3N5O/c1-11(12-2-5-14(6-3-12)25-10-21-9-23-25)24-16(26)13-4-7-15(22-8-13)17(18,19)20/h2-11H,1H3,(H,24,26). The van der Waals surface area contributed by atoms with Gasteiger partial charge in [-0.05, 0) is 36.8 Å². The molecule has 6 nitrogen and oxygen atoms in total. The topological polar surface area (TPSA) is 72.7 Å². The maximum Gasteiger partial charge on any atom is 0.433 e. The summed E-state index contributed by atoms with van der Waals surface area (Å²) in [6.07, 6.45) is -0.625. The lowest BCUT2D eigenvalue weighted by atomic mass is 10.1. The van der Waals surface area contributed by atoms with Crippen molar-refractivity contribution in [3.63, 3.8) is 0 Å². The number of amides is 1. The minimum atomic E-state index is -4.53. The molecule has 0 aliphatic rings. The Morgan fingerprint density at radius 1 is 1.15 bits per heavy atom. The number of carbonyl (C=O) groups is 1.